The first-order valence-corrected chi connectivity index (χ1v) is 19.1. The Morgan fingerprint density at radius 3 is 2.27 bits per heavy atom. The van der Waals surface area contributed by atoms with Crippen LogP contribution in [0.25, 0.3) is 38.3 Å². The summed E-state index contributed by atoms with van der Waals surface area (Å²) >= 11 is 0. The van der Waals surface area contributed by atoms with Crippen molar-refractivity contribution in [2.24, 2.45) is 4.99 Å². The maximum atomic E-state index is 6.40. The Kier molecular flexibility index (Phi) is 7.44. The van der Waals surface area contributed by atoms with E-state index in [2.05, 4.69) is 156 Å². The van der Waals surface area contributed by atoms with Gasteiger partial charge in [0.15, 0.2) is 23.0 Å². The smallest absolute Gasteiger partial charge is 0.172 e. The summed E-state index contributed by atoms with van der Waals surface area (Å²) in [6.07, 6.45) is 19.0. The molecular formula is C50H37N3O2. The molecule has 0 saturated heterocycles. The Morgan fingerprint density at radius 2 is 1.49 bits per heavy atom. The maximum Gasteiger partial charge on any atom is 0.172 e. The fraction of sp³-hybridized carbons (Fsp3) is 0.100. The summed E-state index contributed by atoms with van der Waals surface area (Å²) in [5, 5.41) is 8.40. The van der Waals surface area contributed by atoms with Gasteiger partial charge in [0.05, 0.1) is 17.1 Å². The monoisotopic (exact) mass is 711 g/mol. The first-order chi connectivity index (χ1) is 27.2. The number of para-hydroxylation sites is 2. The number of nitrogens with zero attached hydrogens (tertiary/aromatic N) is 2. The molecule has 3 heterocycles. The van der Waals surface area contributed by atoms with Gasteiger partial charge in [-0.05, 0) is 77.8 Å². The average Bonchev–Trinajstić information content (AvgIpc) is 3.58. The van der Waals surface area contributed by atoms with Crippen molar-refractivity contribution in [3.8, 4) is 28.7 Å². The molecule has 55 heavy (non-hydrogen) atoms. The van der Waals surface area contributed by atoms with Crippen molar-refractivity contribution in [3.05, 3.63) is 198 Å². The summed E-state index contributed by atoms with van der Waals surface area (Å²) in [5.74, 6) is 4.11. The van der Waals surface area contributed by atoms with Crippen molar-refractivity contribution in [2.45, 2.75) is 31.2 Å². The van der Waals surface area contributed by atoms with E-state index in [0.29, 0.717) is 0 Å². The lowest BCUT2D eigenvalue weighted by Gasteiger charge is -2.27. The highest BCUT2D eigenvalue weighted by Gasteiger charge is 2.25. The van der Waals surface area contributed by atoms with E-state index in [1.54, 1.807) is 0 Å². The minimum Gasteiger partial charge on any atom is -0.449 e. The lowest BCUT2D eigenvalue weighted by Crippen LogP contribution is -2.32. The normalized spacial score (nSPS) is 18.7. The predicted octanol–water partition coefficient (Wildman–Crippen LogP) is 12.4. The van der Waals surface area contributed by atoms with E-state index in [4.69, 9.17) is 14.5 Å². The molecule has 2 atom stereocenters. The highest BCUT2D eigenvalue weighted by molar-refractivity contribution is 6.19. The van der Waals surface area contributed by atoms with Gasteiger partial charge in [0.25, 0.3) is 0 Å². The van der Waals surface area contributed by atoms with Crippen LogP contribution >= 0.6 is 0 Å². The topological polar surface area (TPSA) is 47.8 Å². The van der Waals surface area contributed by atoms with Gasteiger partial charge in [0.1, 0.15) is 5.84 Å². The number of aromatic nitrogens is 1. The van der Waals surface area contributed by atoms with Gasteiger partial charge in [0.2, 0.25) is 0 Å². The first kappa shape index (κ1) is 31.7. The average molecular weight is 712 g/mol. The fourth-order valence-corrected chi connectivity index (χ4v) is 8.51. The second-order valence-corrected chi connectivity index (χ2v) is 14.6. The van der Waals surface area contributed by atoms with Gasteiger partial charge in [-0.25, -0.2) is 0 Å². The highest BCUT2D eigenvalue weighted by Crippen LogP contribution is 2.49. The van der Waals surface area contributed by atoms with Crippen LogP contribution in [0.1, 0.15) is 36.3 Å². The molecule has 7 aromatic rings. The largest absolute Gasteiger partial charge is 0.449 e. The van der Waals surface area contributed by atoms with Gasteiger partial charge < -0.3 is 19.4 Å². The molecule has 0 bridgehead atoms. The Balaban J connectivity index is 0.926. The van der Waals surface area contributed by atoms with E-state index in [1.807, 2.05) is 24.3 Å². The quantitative estimate of drug-likeness (QED) is 0.193. The van der Waals surface area contributed by atoms with Crippen LogP contribution in [-0.4, -0.2) is 16.4 Å². The van der Waals surface area contributed by atoms with Crippen molar-refractivity contribution < 1.29 is 9.47 Å². The summed E-state index contributed by atoms with van der Waals surface area (Å²) in [6.45, 7) is 0. The molecule has 1 aromatic heterocycles. The Hall–Kier alpha value is -6.85. The van der Waals surface area contributed by atoms with Crippen LogP contribution in [0.2, 0.25) is 0 Å². The molecule has 2 aliphatic carbocycles. The van der Waals surface area contributed by atoms with Gasteiger partial charge in [-0.15, -0.1) is 0 Å². The molecule has 0 radical (unpaired) electrons. The van der Waals surface area contributed by atoms with Gasteiger partial charge in [-0.3, -0.25) is 4.99 Å². The van der Waals surface area contributed by atoms with Crippen LogP contribution in [0.3, 0.4) is 0 Å². The number of benzene rings is 6. The van der Waals surface area contributed by atoms with Crippen LogP contribution in [0.15, 0.2) is 192 Å². The molecule has 0 fully saturated rings. The zero-order valence-electron chi connectivity index (χ0n) is 30.2. The van der Waals surface area contributed by atoms with Crippen LogP contribution in [0.4, 0.5) is 0 Å². The van der Waals surface area contributed by atoms with Gasteiger partial charge in [0, 0.05) is 45.1 Å². The number of hydrogen-bond donors (Lipinski definition) is 1. The molecule has 5 nitrogen and oxygen atoms in total. The minimum absolute atomic E-state index is 0.0225. The summed E-state index contributed by atoms with van der Waals surface area (Å²) in [7, 11) is 0. The third-order valence-electron chi connectivity index (χ3n) is 11.3. The third-order valence-corrected chi connectivity index (χ3v) is 11.3. The summed E-state index contributed by atoms with van der Waals surface area (Å²) in [6, 6.07) is 44.8. The van der Waals surface area contributed by atoms with E-state index in [-0.39, 0.29) is 12.0 Å². The van der Waals surface area contributed by atoms with Crippen molar-refractivity contribution in [1.82, 2.24) is 9.88 Å². The van der Waals surface area contributed by atoms with Gasteiger partial charge in [-0.1, -0.05) is 127 Å². The molecule has 4 aliphatic rings. The van der Waals surface area contributed by atoms with E-state index in [1.165, 1.54) is 38.4 Å². The van der Waals surface area contributed by atoms with Crippen LogP contribution in [-0.2, 0) is 0 Å². The predicted molar refractivity (Wildman–Crippen MR) is 224 cm³/mol. The molecule has 5 heteroatoms. The number of fused-ring (bicyclic) bond motifs is 7. The van der Waals surface area contributed by atoms with Crippen LogP contribution < -0.4 is 14.8 Å². The molecule has 1 N–H and O–H groups in total. The summed E-state index contributed by atoms with van der Waals surface area (Å²) < 4.78 is 15.2. The SMILES string of the molecule is C1=CCCC(C2C=C(C3=CCC(c4ccc(-n5c6cc7c(cc6c6ccc8ccccc8c65)Oc5ccccc5O7)cc4)C=C3)NC(c3ccccc3)=N2)=C1. The number of amidine groups is 1. The number of allylic oxidation sites excluding steroid dienone is 6. The Bertz CT molecular complexity index is 2870. The maximum absolute atomic E-state index is 6.40. The molecule has 0 saturated carbocycles. The molecular weight excluding hydrogens is 675 g/mol. The third kappa shape index (κ3) is 5.50. The second kappa shape index (κ2) is 12.9. The minimum atomic E-state index is 0.0225. The lowest BCUT2D eigenvalue weighted by atomic mass is 9.88. The van der Waals surface area contributed by atoms with Gasteiger partial charge >= 0.3 is 0 Å². The zero-order valence-corrected chi connectivity index (χ0v) is 30.2. The van der Waals surface area contributed by atoms with Crippen molar-refractivity contribution in [3.63, 3.8) is 0 Å². The number of rotatable bonds is 5. The van der Waals surface area contributed by atoms with Crippen molar-refractivity contribution in [1.29, 1.82) is 0 Å². The second-order valence-electron chi connectivity index (χ2n) is 14.6. The van der Waals surface area contributed by atoms with E-state index < -0.39 is 0 Å². The lowest BCUT2D eigenvalue weighted by molar-refractivity contribution is 0.360. The summed E-state index contributed by atoms with van der Waals surface area (Å²) in [5.41, 5.74) is 9.45. The summed E-state index contributed by atoms with van der Waals surface area (Å²) in [4.78, 5) is 5.16. The van der Waals surface area contributed by atoms with Gasteiger partial charge in [-0.2, -0.15) is 0 Å². The van der Waals surface area contributed by atoms with E-state index >= 15 is 0 Å². The molecule has 0 amide bonds. The van der Waals surface area contributed by atoms with E-state index in [9.17, 15) is 0 Å². The standard InChI is InChI=1S/C50H37N3O2/c1-3-12-35(13-4-1)42-30-43(52-50(51-42)37-14-5-2-6-15-37)36-21-19-32(20-22-36)33-23-26-38(27-24-33)53-44-31-48-47(54-45-17-9-10-18-46(45)55-48)29-41(44)40-28-25-34-11-7-8-16-39(34)49(40)53/h1-3,5-12,14-19,21-32,42H,4,13,20H2,(H,51,52). The Morgan fingerprint density at radius 1 is 0.709 bits per heavy atom. The van der Waals surface area contributed by atoms with E-state index in [0.717, 1.165) is 75.9 Å². The van der Waals surface area contributed by atoms with Crippen LogP contribution in [0, 0.1) is 0 Å². The Labute approximate surface area is 319 Å². The molecule has 0 spiro atoms. The molecule has 2 unspecified atom stereocenters. The van der Waals surface area contributed by atoms with Crippen molar-refractivity contribution in [2.75, 3.05) is 0 Å². The van der Waals surface area contributed by atoms with Crippen LogP contribution in [0.5, 0.6) is 23.0 Å². The molecule has 264 valence electrons. The number of ether oxygens (including phenoxy) is 2. The highest BCUT2D eigenvalue weighted by atomic mass is 16.6. The molecule has 11 rings (SSSR count). The van der Waals surface area contributed by atoms with Crippen molar-refractivity contribution >= 4 is 38.4 Å². The number of nitrogens with one attached hydrogen (secondary N) is 1. The number of hydrogen-bond acceptors (Lipinski definition) is 4. The molecule has 6 aromatic carbocycles. The fourth-order valence-electron chi connectivity index (χ4n) is 8.51. The molecule has 2 aliphatic heterocycles. The number of aliphatic imine (C=N–C) groups is 1. The first-order valence-electron chi connectivity index (χ1n) is 19.1. The zero-order chi connectivity index (χ0) is 36.3.